The molecule has 0 aromatic rings. The predicted octanol–water partition coefficient (Wildman–Crippen LogP) is -3.29. The van der Waals surface area contributed by atoms with Crippen molar-refractivity contribution in [2.45, 2.75) is 0 Å². The van der Waals surface area contributed by atoms with Gasteiger partial charge in [0.2, 0.25) is 0 Å². The quantitative estimate of drug-likeness (QED) is 0.358. The van der Waals surface area contributed by atoms with Gasteiger partial charge in [-0.15, -0.1) is 0 Å². The fraction of sp³-hybridized carbons (Fsp3) is 1.00. The minimum Gasteiger partial charge on any atom is -1.00 e. The summed E-state index contributed by atoms with van der Waals surface area (Å²) in [5, 5.41) is 8.37. The maximum absolute atomic E-state index is 8.37. The van der Waals surface area contributed by atoms with E-state index in [2.05, 4.69) is 21.1 Å². The minimum absolute atomic E-state index is 0. The lowest BCUT2D eigenvalue weighted by molar-refractivity contribution is -0.870. The Bertz CT molecular complexity index is 83.0. The molecule has 1 N–H and O–H groups in total. The van der Waals surface area contributed by atoms with Crippen molar-refractivity contribution in [1.29, 1.82) is 0 Å². The topological polar surface area (TPSA) is 29.5 Å². The molecule has 0 aliphatic carbocycles. The second-order valence-electron chi connectivity index (χ2n) is 3.35. The van der Waals surface area contributed by atoms with Gasteiger partial charge in [0.1, 0.15) is 6.54 Å². The van der Waals surface area contributed by atoms with Gasteiger partial charge in [-0.05, 0) is 0 Å². The van der Waals surface area contributed by atoms with E-state index in [0.29, 0.717) is 6.61 Å². The van der Waals surface area contributed by atoms with E-state index < -0.39 is 0 Å². The smallest absolute Gasteiger partial charge is 0.102 e. The first-order valence-electron chi connectivity index (χ1n) is 3.55. The third kappa shape index (κ3) is 13.2. The standard InChI is InChI=1S/C7H18NO2.ClH/c1-8(2,3)4-6-10-7-5-9;/h9H,4-7H2,1-3H3;1H/q+1;/p-1. The van der Waals surface area contributed by atoms with Gasteiger partial charge in [-0.1, -0.05) is 0 Å². The van der Waals surface area contributed by atoms with Crippen molar-refractivity contribution >= 4 is 0 Å². The lowest BCUT2D eigenvalue weighted by Crippen LogP contribution is -3.00. The highest BCUT2D eigenvalue weighted by molar-refractivity contribution is 4.28. The van der Waals surface area contributed by atoms with Gasteiger partial charge in [0.15, 0.2) is 0 Å². The molecule has 11 heavy (non-hydrogen) atoms. The Hall–Kier alpha value is 0.170. The molecule has 0 aromatic carbocycles. The highest BCUT2D eigenvalue weighted by Gasteiger charge is 2.04. The van der Waals surface area contributed by atoms with Crippen molar-refractivity contribution in [2.24, 2.45) is 0 Å². The van der Waals surface area contributed by atoms with Crippen LogP contribution in [0.5, 0.6) is 0 Å². The summed E-state index contributed by atoms with van der Waals surface area (Å²) in [6.07, 6.45) is 0. The van der Waals surface area contributed by atoms with Gasteiger partial charge < -0.3 is 26.7 Å². The van der Waals surface area contributed by atoms with Crippen LogP contribution in [0, 0.1) is 0 Å². The van der Waals surface area contributed by atoms with Crippen molar-refractivity contribution in [3.63, 3.8) is 0 Å². The van der Waals surface area contributed by atoms with Gasteiger partial charge in [0.05, 0.1) is 41.0 Å². The Morgan fingerprint density at radius 3 is 2.09 bits per heavy atom. The van der Waals surface area contributed by atoms with E-state index in [-0.39, 0.29) is 19.0 Å². The van der Waals surface area contributed by atoms with Crippen LogP contribution in [-0.2, 0) is 4.74 Å². The van der Waals surface area contributed by atoms with Crippen LogP contribution >= 0.6 is 0 Å². The number of hydrogen-bond donors (Lipinski definition) is 1. The Morgan fingerprint density at radius 2 is 1.73 bits per heavy atom. The molecule has 0 saturated carbocycles. The number of likely N-dealkylation sites (N-methyl/N-ethyl adjacent to an activating group) is 1. The molecule has 0 spiro atoms. The number of rotatable bonds is 5. The first kappa shape index (κ1) is 13.7. The lowest BCUT2D eigenvalue weighted by Gasteiger charge is -2.23. The average molecular weight is 184 g/mol. The van der Waals surface area contributed by atoms with Crippen LogP contribution in [0.15, 0.2) is 0 Å². The van der Waals surface area contributed by atoms with E-state index >= 15 is 0 Å². The van der Waals surface area contributed by atoms with Crippen LogP contribution in [0.1, 0.15) is 0 Å². The molecule has 70 valence electrons. The largest absolute Gasteiger partial charge is 1.00 e. The summed E-state index contributed by atoms with van der Waals surface area (Å²) in [6, 6.07) is 0. The first-order valence-corrected chi connectivity index (χ1v) is 3.55. The van der Waals surface area contributed by atoms with Crippen LogP contribution in [-0.4, -0.2) is 57.1 Å². The maximum Gasteiger partial charge on any atom is 0.102 e. The van der Waals surface area contributed by atoms with Crippen molar-refractivity contribution in [3.05, 3.63) is 0 Å². The van der Waals surface area contributed by atoms with Crippen LogP contribution in [0.3, 0.4) is 0 Å². The zero-order valence-corrected chi connectivity index (χ0v) is 8.26. The molecule has 0 amide bonds. The normalized spacial score (nSPS) is 10.9. The molecule has 0 heterocycles. The van der Waals surface area contributed by atoms with E-state index in [4.69, 9.17) is 9.84 Å². The van der Waals surface area contributed by atoms with Gasteiger partial charge in [-0.3, -0.25) is 0 Å². The Balaban J connectivity index is 0. The Morgan fingerprint density at radius 1 is 1.18 bits per heavy atom. The number of aliphatic hydroxyl groups is 1. The third-order valence-corrected chi connectivity index (χ3v) is 1.14. The number of aliphatic hydroxyl groups excluding tert-OH is 1. The number of nitrogens with zero attached hydrogens (tertiary/aromatic N) is 1. The molecule has 0 rings (SSSR count). The van der Waals surface area contributed by atoms with Gasteiger partial charge >= 0.3 is 0 Å². The van der Waals surface area contributed by atoms with Gasteiger partial charge in [0.25, 0.3) is 0 Å². The molecule has 3 nitrogen and oxygen atoms in total. The highest BCUT2D eigenvalue weighted by Crippen LogP contribution is 1.88. The van der Waals surface area contributed by atoms with Gasteiger partial charge in [-0.25, -0.2) is 0 Å². The molecule has 0 radical (unpaired) electrons. The van der Waals surface area contributed by atoms with E-state index in [1.165, 1.54) is 0 Å². The first-order chi connectivity index (χ1) is 4.56. The zero-order chi connectivity index (χ0) is 8.04. The van der Waals surface area contributed by atoms with Crippen molar-refractivity contribution in [1.82, 2.24) is 0 Å². The summed E-state index contributed by atoms with van der Waals surface area (Å²) >= 11 is 0. The molecule has 0 bridgehead atoms. The molecule has 0 aromatic heterocycles. The summed E-state index contributed by atoms with van der Waals surface area (Å²) in [6.45, 7) is 2.29. The summed E-state index contributed by atoms with van der Waals surface area (Å²) < 4.78 is 6.00. The SMILES string of the molecule is C[N+](C)(C)CCOCCO.[Cl-]. The highest BCUT2D eigenvalue weighted by atomic mass is 35.5. The van der Waals surface area contributed by atoms with Gasteiger partial charge in [-0.2, -0.15) is 0 Å². The minimum atomic E-state index is 0. The summed E-state index contributed by atoms with van der Waals surface area (Å²) in [5.74, 6) is 0. The Labute approximate surface area is 75.0 Å². The molecular formula is C7H18ClNO2. The van der Waals surface area contributed by atoms with E-state index in [0.717, 1.165) is 17.6 Å². The van der Waals surface area contributed by atoms with Crippen LogP contribution in [0.25, 0.3) is 0 Å². The average Bonchev–Trinajstić information content (AvgIpc) is 1.78. The maximum atomic E-state index is 8.37. The number of quaternary nitrogens is 1. The fourth-order valence-electron chi connectivity index (χ4n) is 0.505. The summed E-state index contributed by atoms with van der Waals surface area (Å²) in [5.41, 5.74) is 0. The van der Waals surface area contributed by atoms with Crippen molar-refractivity contribution in [2.75, 3.05) is 47.5 Å². The second kappa shape index (κ2) is 6.85. The summed E-state index contributed by atoms with van der Waals surface area (Å²) in [4.78, 5) is 0. The number of hydrogen-bond acceptors (Lipinski definition) is 2. The van der Waals surface area contributed by atoms with Crippen LogP contribution < -0.4 is 12.4 Å². The van der Waals surface area contributed by atoms with E-state index in [1.807, 2.05) is 0 Å². The number of halogens is 1. The molecule has 0 fully saturated rings. The van der Waals surface area contributed by atoms with Gasteiger partial charge in [0, 0.05) is 0 Å². The molecular weight excluding hydrogens is 166 g/mol. The molecule has 0 aliphatic heterocycles. The Kier molecular flexibility index (Phi) is 8.56. The molecule has 0 unspecified atom stereocenters. The molecule has 0 aliphatic rings. The molecule has 4 heteroatoms. The second-order valence-corrected chi connectivity index (χ2v) is 3.35. The molecule has 0 atom stereocenters. The lowest BCUT2D eigenvalue weighted by atomic mass is 10.5. The van der Waals surface area contributed by atoms with E-state index in [9.17, 15) is 0 Å². The molecule has 0 saturated heterocycles. The zero-order valence-electron chi connectivity index (χ0n) is 7.51. The van der Waals surface area contributed by atoms with Crippen molar-refractivity contribution in [3.8, 4) is 0 Å². The number of ether oxygens (including phenoxy) is 1. The predicted molar refractivity (Wildman–Crippen MR) is 40.8 cm³/mol. The van der Waals surface area contributed by atoms with Crippen LogP contribution in [0.4, 0.5) is 0 Å². The third-order valence-electron chi connectivity index (χ3n) is 1.14. The fourth-order valence-corrected chi connectivity index (χ4v) is 0.505. The monoisotopic (exact) mass is 183 g/mol. The summed E-state index contributed by atoms with van der Waals surface area (Å²) in [7, 11) is 6.34. The van der Waals surface area contributed by atoms with Crippen molar-refractivity contribution < 1.29 is 26.7 Å². The van der Waals surface area contributed by atoms with Crippen LogP contribution in [0.2, 0.25) is 0 Å². The van der Waals surface area contributed by atoms with E-state index in [1.54, 1.807) is 0 Å².